The van der Waals surface area contributed by atoms with Gasteiger partial charge in [0.05, 0.1) is 16.8 Å². The summed E-state index contributed by atoms with van der Waals surface area (Å²) in [5.74, 6) is 0.375. The topological polar surface area (TPSA) is 106 Å². The molecule has 0 aromatic heterocycles. The van der Waals surface area contributed by atoms with Gasteiger partial charge in [0.2, 0.25) is 10.0 Å². The monoisotopic (exact) mass is 296 g/mol. The van der Waals surface area contributed by atoms with E-state index >= 15 is 0 Å². The number of sulfonamides is 1. The van der Waals surface area contributed by atoms with E-state index in [1.54, 1.807) is 0 Å². The highest BCUT2D eigenvalue weighted by molar-refractivity contribution is 7.92. The molecule has 1 aliphatic carbocycles. The van der Waals surface area contributed by atoms with Crippen LogP contribution in [0.3, 0.4) is 0 Å². The van der Waals surface area contributed by atoms with Crippen molar-refractivity contribution < 1.29 is 16.8 Å². The van der Waals surface area contributed by atoms with Crippen molar-refractivity contribution in [2.75, 3.05) is 18.1 Å². The van der Waals surface area contributed by atoms with Crippen LogP contribution < -0.4 is 10.5 Å². The third-order valence-corrected chi connectivity index (χ3v) is 7.32. The Hall–Kier alpha value is -0.180. The molecule has 18 heavy (non-hydrogen) atoms. The lowest BCUT2D eigenvalue weighted by Crippen LogP contribution is -2.44. The molecule has 1 saturated heterocycles. The van der Waals surface area contributed by atoms with Crippen molar-refractivity contribution in [3.63, 3.8) is 0 Å². The number of nitrogens with two attached hydrogens (primary N) is 1. The Morgan fingerprint density at radius 3 is 2.22 bits per heavy atom. The fourth-order valence-corrected chi connectivity index (χ4v) is 5.51. The van der Waals surface area contributed by atoms with E-state index in [0.717, 1.165) is 12.8 Å². The van der Waals surface area contributed by atoms with Crippen LogP contribution in [0.4, 0.5) is 0 Å². The minimum Gasteiger partial charge on any atom is -0.326 e. The molecule has 2 aliphatic rings. The van der Waals surface area contributed by atoms with Gasteiger partial charge in [0.1, 0.15) is 9.84 Å². The standard InChI is InChI=1S/C10H20N2O4S2/c11-10(8-1-2-8)7-12-18(15,16)9-3-5-17(13,14)6-4-9/h8-10,12H,1-7,11H2. The second-order valence-electron chi connectivity index (χ2n) is 5.25. The largest absolute Gasteiger partial charge is 0.326 e. The average molecular weight is 296 g/mol. The highest BCUT2D eigenvalue weighted by atomic mass is 32.2. The molecule has 0 amide bonds. The van der Waals surface area contributed by atoms with Gasteiger partial charge >= 0.3 is 0 Å². The Labute approximate surface area is 108 Å². The first-order valence-electron chi connectivity index (χ1n) is 6.25. The minimum absolute atomic E-state index is 0.0345. The lowest BCUT2D eigenvalue weighted by molar-refractivity contribution is 0.525. The molecule has 0 bridgehead atoms. The van der Waals surface area contributed by atoms with Crippen molar-refractivity contribution in [2.24, 2.45) is 11.7 Å². The number of nitrogens with one attached hydrogen (secondary N) is 1. The zero-order valence-electron chi connectivity index (χ0n) is 10.2. The van der Waals surface area contributed by atoms with Crippen molar-refractivity contribution >= 4 is 19.9 Å². The number of sulfone groups is 1. The third kappa shape index (κ3) is 3.66. The van der Waals surface area contributed by atoms with Crippen molar-refractivity contribution in [1.29, 1.82) is 0 Å². The summed E-state index contributed by atoms with van der Waals surface area (Å²) in [4.78, 5) is 0. The summed E-state index contributed by atoms with van der Waals surface area (Å²) >= 11 is 0. The van der Waals surface area contributed by atoms with Gasteiger partial charge in [0, 0.05) is 12.6 Å². The Bertz CT molecular complexity index is 482. The maximum atomic E-state index is 12.0. The van der Waals surface area contributed by atoms with E-state index in [1.807, 2.05) is 0 Å². The van der Waals surface area contributed by atoms with Gasteiger partial charge in [0.15, 0.2) is 0 Å². The van der Waals surface area contributed by atoms with Crippen LogP contribution in [0, 0.1) is 5.92 Å². The summed E-state index contributed by atoms with van der Waals surface area (Å²) in [6.07, 6.45) is 2.53. The van der Waals surface area contributed by atoms with Crippen LogP contribution in [0.25, 0.3) is 0 Å². The molecule has 6 nitrogen and oxygen atoms in total. The number of rotatable bonds is 5. The van der Waals surface area contributed by atoms with Gasteiger partial charge in [-0.25, -0.2) is 21.6 Å². The van der Waals surface area contributed by atoms with Crippen molar-refractivity contribution in [2.45, 2.75) is 37.0 Å². The van der Waals surface area contributed by atoms with Gasteiger partial charge in [0.25, 0.3) is 0 Å². The Morgan fingerprint density at radius 1 is 1.17 bits per heavy atom. The molecular formula is C10H20N2O4S2. The van der Waals surface area contributed by atoms with E-state index in [1.165, 1.54) is 0 Å². The maximum Gasteiger partial charge on any atom is 0.214 e. The van der Waals surface area contributed by atoms with Crippen LogP contribution in [0.5, 0.6) is 0 Å². The van der Waals surface area contributed by atoms with E-state index in [2.05, 4.69) is 4.72 Å². The van der Waals surface area contributed by atoms with Crippen LogP contribution in [0.1, 0.15) is 25.7 Å². The van der Waals surface area contributed by atoms with Crippen LogP contribution in [-0.2, 0) is 19.9 Å². The summed E-state index contributed by atoms with van der Waals surface area (Å²) in [7, 11) is -6.46. The quantitative estimate of drug-likeness (QED) is 0.692. The molecule has 2 fully saturated rings. The highest BCUT2D eigenvalue weighted by Gasteiger charge is 2.34. The van der Waals surface area contributed by atoms with Crippen molar-refractivity contribution in [1.82, 2.24) is 4.72 Å². The molecule has 106 valence electrons. The second kappa shape index (κ2) is 5.07. The van der Waals surface area contributed by atoms with E-state index in [0.29, 0.717) is 5.92 Å². The molecule has 3 N–H and O–H groups in total. The van der Waals surface area contributed by atoms with Gasteiger partial charge in [-0.15, -0.1) is 0 Å². The molecule has 1 aliphatic heterocycles. The molecule has 0 radical (unpaired) electrons. The van der Waals surface area contributed by atoms with Crippen LogP contribution in [0.2, 0.25) is 0 Å². The summed E-state index contributed by atoms with van der Waals surface area (Å²) in [6, 6.07) is -0.118. The molecule has 1 heterocycles. The molecule has 0 spiro atoms. The highest BCUT2D eigenvalue weighted by Crippen LogP contribution is 2.31. The van der Waals surface area contributed by atoms with E-state index in [-0.39, 0.29) is 36.9 Å². The summed E-state index contributed by atoms with van der Waals surface area (Å²) in [5.41, 5.74) is 5.84. The van der Waals surface area contributed by atoms with Gasteiger partial charge in [-0.2, -0.15) is 0 Å². The van der Waals surface area contributed by atoms with Crippen LogP contribution in [0.15, 0.2) is 0 Å². The van der Waals surface area contributed by atoms with Gasteiger partial charge in [-0.05, 0) is 31.6 Å². The maximum absolute atomic E-state index is 12.0. The molecule has 0 aromatic carbocycles. The molecule has 8 heteroatoms. The Morgan fingerprint density at radius 2 is 1.72 bits per heavy atom. The van der Waals surface area contributed by atoms with E-state index in [9.17, 15) is 16.8 Å². The average Bonchev–Trinajstić information content (AvgIpc) is 3.09. The molecule has 1 unspecified atom stereocenters. The molecular weight excluding hydrogens is 276 g/mol. The molecule has 1 atom stereocenters. The predicted octanol–water partition coefficient (Wildman–Crippen LogP) is -0.780. The van der Waals surface area contributed by atoms with E-state index < -0.39 is 25.1 Å². The fraction of sp³-hybridized carbons (Fsp3) is 1.00. The molecule has 0 aromatic rings. The van der Waals surface area contributed by atoms with Crippen LogP contribution >= 0.6 is 0 Å². The molecule has 2 rings (SSSR count). The summed E-state index contributed by atoms with van der Waals surface area (Å²) in [6.45, 7) is 0.260. The lowest BCUT2D eigenvalue weighted by Gasteiger charge is -2.23. The zero-order valence-corrected chi connectivity index (χ0v) is 11.8. The lowest BCUT2D eigenvalue weighted by atomic mass is 10.2. The third-order valence-electron chi connectivity index (χ3n) is 3.69. The first-order valence-corrected chi connectivity index (χ1v) is 9.61. The van der Waals surface area contributed by atoms with Gasteiger partial charge in [-0.3, -0.25) is 0 Å². The zero-order chi connectivity index (χ0) is 13.4. The first kappa shape index (κ1) is 14.2. The van der Waals surface area contributed by atoms with E-state index in [4.69, 9.17) is 5.73 Å². The number of hydrogen-bond donors (Lipinski definition) is 2. The second-order valence-corrected chi connectivity index (χ2v) is 9.59. The summed E-state index contributed by atoms with van der Waals surface area (Å²) in [5, 5.41) is -0.590. The van der Waals surface area contributed by atoms with Gasteiger partial charge in [-0.1, -0.05) is 0 Å². The van der Waals surface area contributed by atoms with Crippen molar-refractivity contribution in [3.05, 3.63) is 0 Å². The van der Waals surface area contributed by atoms with Crippen molar-refractivity contribution in [3.8, 4) is 0 Å². The SMILES string of the molecule is NC(CNS(=O)(=O)C1CCS(=O)(=O)CC1)C1CC1. The normalized spacial score (nSPS) is 26.9. The van der Waals surface area contributed by atoms with Gasteiger partial charge < -0.3 is 5.73 Å². The minimum atomic E-state index is -3.43. The smallest absolute Gasteiger partial charge is 0.214 e. The predicted molar refractivity (Wildman–Crippen MR) is 69.3 cm³/mol. The van der Waals surface area contributed by atoms with Crippen LogP contribution in [-0.4, -0.2) is 46.2 Å². The fourth-order valence-electron chi connectivity index (χ4n) is 2.20. The number of hydrogen-bond acceptors (Lipinski definition) is 5. The summed E-state index contributed by atoms with van der Waals surface area (Å²) < 4.78 is 49.0. The first-order chi connectivity index (χ1) is 8.30. The Balaban J connectivity index is 1.86. The molecule has 1 saturated carbocycles. The Kier molecular flexibility index (Phi) is 4.01.